The summed E-state index contributed by atoms with van der Waals surface area (Å²) in [5, 5.41) is 8.28. The Balaban J connectivity index is 1.60. The molecule has 0 spiro atoms. The number of alkyl halides is 3. The van der Waals surface area contributed by atoms with Crippen LogP contribution in [0.5, 0.6) is 0 Å². The molecule has 1 aliphatic heterocycles. The quantitative estimate of drug-likeness (QED) is 0.470. The van der Waals surface area contributed by atoms with Crippen LogP contribution in [0, 0.1) is 5.82 Å². The molecule has 0 aliphatic carbocycles. The lowest BCUT2D eigenvalue weighted by molar-refractivity contribution is -0.140. The normalized spacial score (nSPS) is 14.8. The second-order valence-electron chi connectivity index (χ2n) is 6.15. The topological polar surface area (TPSA) is 27.3 Å². The van der Waals surface area contributed by atoms with Crippen molar-refractivity contribution in [3.05, 3.63) is 71.0 Å². The van der Waals surface area contributed by atoms with Crippen LogP contribution in [0.2, 0.25) is 0 Å². The number of anilines is 2. The maximum absolute atomic E-state index is 13.8. The molecule has 0 amide bonds. The number of hydrogen-bond donors (Lipinski definition) is 2. The third-order valence-corrected chi connectivity index (χ3v) is 5.11. The lowest BCUT2D eigenvalue weighted by atomic mass is 10.1. The number of halogens is 4. The van der Waals surface area contributed by atoms with Crippen molar-refractivity contribution in [1.29, 1.82) is 0 Å². The molecule has 148 valence electrons. The molecule has 0 radical (unpaired) electrons. The number of hydrogen-bond acceptors (Lipinski definition) is 3. The van der Waals surface area contributed by atoms with Gasteiger partial charge in [-0.25, -0.2) is 4.39 Å². The van der Waals surface area contributed by atoms with Crippen LogP contribution in [0.3, 0.4) is 0 Å². The third-order valence-electron chi connectivity index (χ3n) is 4.15. The summed E-state index contributed by atoms with van der Waals surface area (Å²) < 4.78 is 51.8. The van der Waals surface area contributed by atoms with E-state index in [4.69, 9.17) is 12.2 Å². The smallest absolute Gasteiger partial charge is 0.356 e. The summed E-state index contributed by atoms with van der Waals surface area (Å²) in [6.45, 7) is 1.69. The molecule has 2 aromatic carbocycles. The van der Waals surface area contributed by atoms with Crippen LogP contribution in [0.4, 0.5) is 28.9 Å². The predicted octanol–water partition coefficient (Wildman–Crippen LogP) is 5.87. The van der Waals surface area contributed by atoms with E-state index in [1.54, 1.807) is 18.7 Å². The molecule has 3 rings (SSSR count). The lowest BCUT2D eigenvalue weighted by Gasteiger charge is -2.19. The van der Waals surface area contributed by atoms with E-state index in [1.165, 1.54) is 6.07 Å². The first-order valence-electron chi connectivity index (χ1n) is 8.33. The van der Waals surface area contributed by atoms with E-state index in [0.717, 1.165) is 29.4 Å². The van der Waals surface area contributed by atoms with Gasteiger partial charge in [-0.05, 0) is 66.5 Å². The maximum atomic E-state index is 13.8. The fourth-order valence-electron chi connectivity index (χ4n) is 2.66. The molecular formula is C19H17F4N3S2. The van der Waals surface area contributed by atoms with Crippen molar-refractivity contribution in [2.45, 2.75) is 19.1 Å². The highest BCUT2D eigenvalue weighted by molar-refractivity contribution is 8.02. The second kappa shape index (κ2) is 8.40. The molecule has 0 saturated carbocycles. The standard InChI is InChI=1S/C19H17F4N3S2/c1-12(13-2-7-16(17(20)10-13)19(21,22)23)24-18(27)25-14-3-5-15(6-4-14)26-8-9-28-11-26/h2-10,12H,11H2,1H3,(H2,24,25,27). The highest BCUT2D eigenvalue weighted by atomic mass is 32.2. The van der Waals surface area contributed by atoms with Crippen molar-refractivity contribution in [2.75, 3.05) is 16.1 Å². The van der Waals surface area contributed by atoms with Crippen LogP contribution in [0.15, 0.2) is 54.1 Å². The Bertz CT molecular complexity index is 882. The molecule has 1 aliphatic rings. The predicted molar refractivity (Wildman–Crippen MR) is 110 cm³/mol. The molecule has 28 heavy (non-hydrogen) atoms. The number of rotatable bonds is 4. The van der Waals surface area contributed by atoms with Gasteiger partial charge in [0.25, 0.3) is 0 Å². The molecule has 2 N–H and O–H groups in total. The van der Waals surface area contributed by atoms with Gasteiger partial charge in [-0.15, -0.1) is 11.8 Å². The average Bonchev–Trinajstić information content (AvgIpc) is 3.15. The Morgan fingerprint density at radius 1 is 1.18 bits per heavy atom. The van der Waals surface area contributed by atoms with E-state index in [9.17, 15) is 17.6 Å². The largest absolute Gasteiger partial charge is 0.419 e. The molecule has 0 bridgehead atoms. The molecule has 2 aromatic rings. The van der Waals surface area contributed by atoms with Crippen LogP contribution in [0.25, 0.3) is 0 Å². The Morgan fingerprint density at radius 3 is 2.46 bits per heavy atom. The monoisotopic (exact) mass is 427 g/mol. The Kier molecular flexibility index (Phi) is 6.14. The van der Waals surface area contributed by atoms with Crippen LogP contribution >= 0.6 is 24.0 Å². The first kappa shape index (κ1) is 20.5. The molecule has 1 heterocycles. The molecule has 0 saturated heterocycles. The summed E-state index contributed by atoms with van der Waals surface area (Å²) in [5.41, 5.74) is 0.904. The summed E-state index contributed by atoms with van der Waals surface area (Å²) in [5.74, 6) is -0.434. The van der Waals surface area contributed by atoms with E-state index in [1.807, 2.05) is 35.9 Å². The van der Waals surface area contributed by atoms with Crippen molar-refractivity contribution in [1.82, 2.24) is 5.32 Å². The second-order valence-corrected chi connectivity index (χ2v) is 7.43. The van der Waals surface area contributed by atoms with Crippen LogP contribution < -0.4 is 15.5 Å². The molecule has 9 heteroatoms. The molecule has 1 atom stereocenters. The van der Waals surface area contributed by atoms with Gasteiger partial charge in [0.1, 0.15) is 5.82 Å². The highest BCUT2D eigenvalue weighted by Crippen LogP contribution is 2.32. The van der Waals surface area contributed by atoms with Crippen LogP contribution in [-0.2, 0) is 6.18 Å². The van der Waals surface area contributed by atoms with Gasteiger partial charge in [0.15, 0.2) is 5.11 Å². The molecule has 1 unspecified atom stereocenters. The summed E-state index contributed by atoms with van der Waals surface area (Å²) in [6, 6.07) is 10.0. The fourth-order valence-corrected chi connectivity index (χ4v) is 3.67. The minimum atomic E-state index is -4.72. The Hall–Kier alpha value is -2.26. The van der Waals surface area contributed by atoms with Gasteiger partial charge < -0.3 is 15.5 Å². The van der Waals surface area contributed by atoms with Crippen molar-refractivity contribution < 1.29 is 17.6 Å². The summed E-state index contributed by atoms with van der Waals surface area (Å²) in [4.78, 5) is 2.10. The summed E-state index contributed by atoms with van der Waals surface area (Å²) >= 11 is 6.96. The van der Waals surface area contributed by atoms with Crippen molar-refractivity contribution in [3.63, 3.8) is 0 Å². The highest BCUT2D eigenvalue weighted by Gasteiger charge is 2.34. The zero-order valence-electron chi connectivity index (χ0n) is 14.8. The summed E-state index contributed by atoms with van der Waals surface area (Å²) in [6.07, 6.45) is -2.71. The number of nitrogens with zero attached hydrogens (tertiary/aromatic N) is 1. The van der Waals surface area contributed by atoms with E-state index >= 15 is 0 Å². The van der Waals surface area contributed by atoms with Gasteiger partial charge in [0.2, 0.25) is 0 Å². The van der Waals surface area contributed by atoms with Gasteiger partial charge in [0.05, 0.1) is 17.5 Å². The minimum Gasteiger partial charge on any atom is -0.356 e. The van der Waals surface area contributed by atoms with E-state index in [2.05, 4.69) is 15.5 Å². The third kappa shape index (κ3) is 4.96. The van der Waals surface area contributed by atoms with Crippen molar-refractivity contribution in [3.8, 4) is 0 Å². The van der Waals surface area contributed by atoms with E-state index < -0.39 is 23.6 Å². The van der Waals surface area contributed by atoms with Gasteiger partial charge in [-0.2, -0.15) is 13.2 Å². The minimum absolute atomic E-state index is 0.289. The van der Waals surface area contributed by atoms with E-state index in [-0.39, 0.29) is 5.11 Å². The van der Waals surface area contributed by atoms with Crippen molar-refractivity contribution in [2.24, 2.45) is 0 Å². The zero-order valence-corrected chi connectivity index (χ0v) is 16.4. The molecule has 0 aromatic heterocycles. The first-order valence-corrected chi connectivity index (χ1v) is 9.79. The number of thiocarbonyl (C=S) groups is 1. The van der Waals surface area contributed by atoms with Gasteiger partial charge in [0, 0.05) is 17.6 Å². The average molecular weight is 427 g/mol. The van der Waals surface area contributed by atoms with Crippen LogP contribution in [-0.4, -0.2) is 11.0 Å². The lowest BCUT2D eigenvalue weighted by Crippen LogP contribution is -2.31. The molecule has 3 nitrogen and oxygen atoms in total. The Labute approximate surface area is 169 Å². The van der Waals surface area contributed by atoms with Gasteiger partial charge in [-0.3, -0.25) is 0 Å². The fraction of sp³-hybridized carbons (Fsp3) is 0.211. The zero-order chi connectivity index (χ0) is 20.3. The Morgan fingerprint density at radius 2 is 1.89 bits per heavy atom. The SMILES string of the molecule is CC(NC(=S)Nc1ccc(N2C=CSC2)cc1)c1ccc(C(F)(F)F)c(F)c1. The number of benzene rings is 2. The maximum Gasteiger partial charge on any atom is 0.419 e. The van der Waals surface area contributed by atoms with Gasteiger partial charge in [-0.1, -0.05) is 6.07 Å². The van der Waals surface area contributed by atoms with Crippen LogP contribution in [0.1, 0.15) is 24.1 Å². The molecular weight excluding hydrogens is 410 g/mol. The van der Waals surface area contributed by atoms with Crippen molar-refractivity contribution >= 4 is 40.5 Å². The first-order chi connectivity index (χ1) is 13.2. The molecule has 0 fully saturated rings. The number of nitrogens with one attached hydrogen (secondary N) is 2. The van der Waals surface area contributed by atoms with E-state index in [0.29, 0.717) is 5.56 Å². The number of thioether (sulfide) groups is 1. The summed E-state index contributed by atoms with van der Waals surface area (Å²) in [7, 11) is 0. The van der Waals surface area contributed by atoms with Gasteiger partial charge >= 0.3 is 6.18 Å².